The molecule has 0 spiro atoms. The lowest BCUT2D eigenvalue weighted by molar-refractivity contribution is 0.267. The Bertz CT molecular complexity index is 527. The molecule has 0 aliphatic heterocycles. The second kappa shape index (κ2) is 4.31. The molecular weight excluding hydrogens is 277 g/mol. The summed E-state index contributed by atoms with van der Waals surface area (Å²) in [5.74, 6) is 0.611. The molecule has 2 rings (SSSR count). The first-order valence-corrected chi connectivity index (χ1v) is 5.37. The van der Waals surface area contributed by atoms with Crippen LogP contribution in [0.3, 0.4) is 0 Å². The standard InChI is InChI=1S/C10H9BrFN3O/c1-15-9(5-16)13-14-10(15)6-2-3-7(11)8(12)4-6/h2-4,16H,5H2,1H3. The number of aromatic nitrogens is 3. The van der Waals surface area contributed by atoms with E-state index in [0.717, 1.165) is 0 Å². The van der Waals surface area contributed by atoms with Gasteiger partial charge in [0.25, 0.3) is 0 Å². The third kappa shape index (κ3) is 1.85. The van der Waals surface area contributed by atoms with Gasteiger partial charge in [0, 0.05) is 12.6 Å². The van der Waals surface area contributed by atoms with Crippen LogP contribution in [0.1, 0.15) is 5.82 Å². The molecule has 4 nitrogen and oxygen atoms in total. The summed E-state index contributed by atoms with van der Waals surface area (Å²) in [6.45, 7) is -0.192. The fourth-order valence-corrected chi connectivity index (χ4v) is 1.63. The first-order chi connectivity index (χ1) is 7.63. The van der Waals surface area contributed by atoms with Crippen molar-refractivity contribution in [2.24, 2.45) is 7.05 Å². The predicted molar refractivity (Wildman–Crippen MR) is 60.0 cm³/mol. The molecule has 0 atom stereocenters. The van der Waals surface area contributed by atoms with Crippen LogP contribution in [0.15, 0.2) is 22.7 Å². The number of aliphatic hydroxyl groups is 1. The largest absolute Gasteiger partial charge is 0.388 e. The molecule has 0 saturated carbocycles. The van der Waals surface area contributed by atoms with E-state index in [2.05, 4.69) is 26.1 Å². The maximum Gasteiger partial charge on any atom is 0.163 e. The highest BCUT2D eigenvalue weighted by atomic mass is 79.9. The van der Waals surface area contributed by atoms with Gasteiger partial charge in [-0.25, -0.2) is 4.39 Å². The SMILES string of the molecule is Cn1c(CO)nnc1-c1ccc(Br)c(F)c1. The summed E-state index contributed by atoms with van der Waals surface area (Å²) in [5.41, 5.74) is 0.621. The van der Waals surface area contributed by atoms with E-state index in [1.54, 1.807) is 23.7 Å². The lowest BCUT2D eigenvalue weighted by Crippen LogP contribution is -1.99. The van der Waals surface area contributed by atoms with Crippen LogP contribution in [-0.2, 0) is 13.7 Å². The Balaban J connectivity index is 2.50. The maximum atomic E-state index is 13.3. The summed E-state index contributed by atoms with van der Waals surface area (Å²) in [5, 5.41) is 16.7. The average Bonchev–Trinajstić information content (AvgIpc) is 2.64. The van der Waals surface area contributed by atoms with Gasteiger partial charge in [0.2, 0.25) is 0 Å². The van der Waals surface area contributed by atoms with Gasteiger partial charge in [-0.15, -0.1) is 10.2 Å². The summed E-state index contributed by atoms with van der Waals surface area (Å²) in [6, 6.07) is 4.71. The second-order valence-corrected chi connectivity index (χ2v) is 4.14. The third-order valence-corrected chi connectivity index (χ3v) is 2.93. The number of hydrogen-bond acceptors (Lipinski definition) is 3. The van der Waals surface area contributed by atoms with Gasteiger partial charge in [-0.2, -0.15) is 0 Å². The molecule has 1 aromatic carbocycles. The minimum absolute atomic E-state index is 0.192. The monoisotopic (exact) mass is 285 g/mol. The molecule has 0 radical (unpaired) electrons. The highest BCUT2D eigenvalue weighted by Crippen LogP contribution is 2.23. The normalized spacial score (nSPS) is 10.8. The number of rotatable bonds is 2. The molecule has 1 heterocycles. The Morgan fingerprint density at radius 2 is 2.19 bits per heavy atom. The van der Waals surface area contributed by atoms with Crippen LogP contribution in [0, 0.1) is 5.82 Å². The minimum Gasteiger partial charge on any atom is -0.388 e. The van der Waals surface area contributed by atoms with Crippen LogP contribution in [-0.4, -0.2) is 19.9 Å². The predicted octanol–water partition coefficient (Wildman–Crippen LogP) is 1.88. The van der Waals surface area contributed by atoms with Crippen molar-refractivity contribution in [3.05, 3.63) is 34.3 Å². The quantitative estimate of drug-likeness (QED) is 0.917. The molecule has 0 saturated heterocycles. The van der Waals surface area contributed by atoms with Crippen molar-refractivity contribution in [3.8, 4) is 11.4 Å². The molecule has 0 aliphatic rings. The van der Waals surface area contributed by atoms with Gasteiger partial charge >= 0.3 is 0 Å². The molecule has 0 unspecified atom stereocenters. The van der Waals surface area contributed by atoms with Crippen molar-refractivity contribution in [2.45, 2.75) is 6.61 Å². The number of aliphatic hydroxyl groups excluding tert-OH is 1. The molecule has 16 heavy (non-hydrogen) atoms. The Morgan fingerprint density at radius 3 is 2.75 bits per heavy atom. The summed E-state index contributed by atoms with van der Waals surface area (Å²) >= 11 is 3.08. The fourth-order valence-electron chi connectivity index (χ4n) is 1.39. The van der Waals surface area contributed by atoms with Gasteiger partial charge in [-0.1, -0.05) is 0 Å². The van der Waals surface area contributed by atoms with Crippen LogP contribution >= 0.6 is 15.9 Å². The third-order valence-electron chi connectivity index (χ3n) is 2.28. The smallest absolute Gasteiger partial charge is 0.163 e. The Kier molecular flexibility index (Phi) is 3.02. The second-order valence-electron chi connectivity index (χ2n) is 3.29. The first-order valence-electron chi connectivity index (χ1n) is 4.58. The summed E-state index contributed by atoms with van der Waals surface area (Å²) in [4.78, 5) is 0. The van der Waals surface area contributed by atoms with Crippen molar-refractivity contribution >= 4 is 15.9 Å². The van der Waals surface area contributed by atoms with Crippen molar-refractivity contribution in [1.29, 1.82) is 0 Å². The van der Waals surface area contributed by atoms with Crippen LogP contribution in [0.25, 0.3) is 11.4 Å². The molecule has 84 valence electrons. The van der Waals surface area contributed by atoms with E-state index in [4.69, 9.17) is 5.11 Å². The fraction of sp³-hybridized carbons (Fsp3) is 0.200. The van der Waals surface area contributed by atoms with Gasteiger partial charge in [0.15, 0.2) is 11.6 Å². The molecule has 6 heteroatoms. The van der Waals surface area contributed by atoms with E-state index in [0.29, 0.717) is 21.7 Å². The van der Waals surface area contributed by atoms with Crippen LogP contribution in [0.5, 0.6) is 0 Å². The minimum atomic E-state index is -0.356. The molecule has 0 aliphatic carbocycles. The Labute approximate surface area is 99.9 Å². The first kappa shape index (κ1) is 11.2. The van der Waals surface area contributed by atoms with E-state index >= 15 is 0 Å². The van der Waals surface area contributed by atoms with Crippen LogP contribution in [0.2, 0.25) is 0 Å². The zero-order chi connectivity index (χ0) is 11.7. The van der Waals surface area contributed by atoms with Crippen molar-refractivity contribution in [2.75, 3.05) is 0 Å². The summed E-state index contributed by atoms with van der Waals surface area (Å²) in [7, 11) is 1.72. The molecule has 0 bridgehead atoms. The zero-order valence-electron chi connectivity index (χ0n) is 8.48. The highest BCUT2D eigenvalue weighted by Gasteiger charge is 2.11. The Morgan fingerprint density at radius 1 is 1.44 bits per heavy atom. The number of hydrogen-bond donors (Lipinski definition) is 1. The number of benzene rings is 1. The van der Waals surface area contributed by atoms with Gasteiger partial charge in [0.1, 0.15) is 12.4 Å². The highest BCUT2D eigenvalue weighted by molar-refractivity contribution is 9.10. The van der Waals surface area contributed by atoms with Crippen LogP contribution in [0.4, 0.5) is 4.39 Å². The van der Waals surface area contributed by atoms with Crippen molar-refractivity contribution in [3.63, 3.8) is 0 Å². The van der Waals surface area contributed by atoms with Crippen molar-refractivity contribution in [1.82, 2.24) is 14.8 Å². The molecule has 1 N–H and O–H groups in total. The van der Waals surface area contributed by atoms with E-state index in [1.807, 2.05) is 0 Å². The van der Waals surface area contributed by atoms with Gasteiger partial charge in [-0.05, 0) is 34.1 Å². The number of halogens is 2. The molecule has 1 aromatic heterocycles. The van der Waals surface area contributed by atoms with E-state index < -0.39 is 0 Å². The van der Waals surface area contributed by atoms with E-state index in [-0.39, 0.29) is 12.4 Å². The molecular formula is C10H9BrFN3O. The summed E-state index contributed by atoms with van der Waals surface area (Å²) < 4.78 is 15.4. The van der Waals surface area contributed by atoms with E-state index in [1.165, 1.54) is 6.07 Å². The lowest BCUT2D eigenvalue weighted by atomic mass is 10.2. The zero-order valence-corrected chi connectivity index (χ0v) is 10.1. The van der Waals surface area contributed by atoms with Gasteiger partial charge < -0.3 is 9.67 Å². The van der Waals surface area contributed by atoms with Crippen molar-refractivity contribution < 1.29 is 9.50 Å². The summed E-state index contributed by atoms with van der Waals surface area (Å²) in [6.07, 6.45) is 0. The van der Waals surface area contributed by atoms with E-state index in [9.17, 15) is 4.39 Å². The molecule has 0 amide bonds. The number of nitrogens with zero attached hydrogens (tertiary/aromatic N) is 3. The van der Waals surface area contributed by atoms with Crippen LogP contribution < -0.4 is 0 Å². The van der Waals surface area contributed by atoms with Gasteiger partial charge in [0.05, 0.1) is 4.47 Å². The van der Waals surface area contributed by atoms with Gasteiger partial charge in [-0.3, -0.25) is 0 Å². The molecule has 0 fully saturated rings. The molecule has 2 aromatic rings. The lowest BCUT2D eigenvalue weighted by Gasteiger charge is -2.03. The Hall–Kier alpha value is -1.27. The average molecular weight is 286 g/mol. The maximum absolute atomic E-state index is 13.3. The topological polar surface area (TPSA) is 50.9 Å².